The highest BCUT2D eigenvalue weighted by molar-refractivity contribution is 5.08. The fourth-order valence-corrected chi connectivity index (χ4v) is 2.04. The first-order chi connectivity index (χ1) is 7.20. The van der Waals surface area contributed by atoms with Gasteiger partial charge in [-0.25, -0.2) is 4.98 Å². The molecule has 84 valence electrons. The zero-order chi connectivity index (χ0) is 10.8. The molecular formula is C11H19N3O. The van der Waals surface area contributed by atoms with Gasteiger partial charge in [0.25, 0.3) is 0 Å². The summed E-state index contributed by atoms with van der Waals surface area (Å²) in [5, 5.41) is 0. The van der Waals surface area contributed by atoms with E-state index in [0.29, 0.717) is 12.6 Å². The Morgan fingerprint density at radius 3 is 2.73 bits per heavy atom. The van der Waals surface area contributed by atoms with Crippen molar-refractivity contribution in [3.63, 3.8) is 0 Å². The number of ether oxygens (including phenoxy) is 1. The maximum Gasteiger partial charge on any atom is 0.0952 e. The van der Waals surface area contributed by atoms with Gasteiger partial charge in [-0.3, -0.25) is 0 Å². The summed E-state index contributed by atoms with van der Waals surface area (Å²) in [6.45, 7) is 5.67. The third-order valence-electron chi connectivity index (χ3n) is 3.20. The molecule has 2 atom stereocenters. The number of hydrogen-bond acceptors (Lipinski definition) is 3. The molecule has 0 aromatic carbocycles. The van der Waals surface area contributed by atoms with Crippen LogP contribution in [0.5, 0.6) is 0 Å². The summed E-state index contributed by atoms with van der Waals surface area (Å²) < 4.78 is 7.97. The molecule has 15 heavy (non-hydrogen) atoms. The number of rotatable bonds is 3. The average Bonchev–Trinajstić information content (AvgIpc) is 2.80. The fraction of sp³-hybridized carbons (Fsp3) is 0.727. The highest BCUT2D eigenvalue weighted by atomic mass is 16.5. The molecule has 2 N–H and O–H groups in total. The molecule has 0 saturated carbocycles. The Bertz CT molecular complexity index is 335. The van der Waals surface area contributed by atoms with Crippen molar-refractivity contribution in [2.75, 3.05) is 6.54 Å². The SMILES string of the molecule is Cc1ncn(CC2CCC(CN)O2)c1C. The maximum absolute atomic E-state index is 5.81. The Balaban J connectivity index is 1.95. The van der Waals surface area contributed by atoms with E-state index in [1.54, 1.807) is 0 Å². The Morgan fingerprint density at radius 1 is 1.47 bits per heavy atom. The Morgan fingerprint density at radius 2 is 2.20 bits per heavy atom. The average molecular weight is 209 g/mol. The minimum absolute atomic E-state index is 0.264. The van der Waals surface area contributed by atoms with Crippen molar-refractivity contribution in [1.82, 2.24) is 9.55 Å². The number of aryl methyl sites for hydroxylation is 1. The zero-order valence-electron chi connectivity index (χ0n) is 9.44. The monoisotopic (exact) mass is 209 g/mol. The Labute approximate surface area is 90.4 Å². The lowest BCUT2D eigenvalue weighted by Gasteiger charge is -2.14. The summed E-state index contributed by atoms with van der Waals surface area (Å²) in [7, 11) is 0. The van der Waals surface area contributed by atoms with Gasteiger partial charge in [-0.15, -0.1) is 0 Å². The third kappa shape index (κ3) is 2.21. The molecule has 4 heteroatoms. The predicted molar refractivity (Wildman–Crippen MR) is 58.7 cm³/mol. The Kier molecular flexibility index (Phi) is 3.07. The Hall–Kier alpha value is -0.870. The van der Waals surface area contributed by atoms with Crippen molar-refractivity contribution in [1.29, 1.82) is 0 Å². The quantitative estimate of drug-likeness (QED) is 0.808. The summed E-state index contributed by atoms with van der Waals surface area (Å²) in [5.41, 5.74) is 7.91. The fourth-order valence-electron chi connectivity index (χ4n) is 2.04. The number of aromatic nitrogens is 2. The van der Waals surface area contributed by atoms with Gasteiger partial charge in [0.2, 0.25) is 0 Å². The summed E-state index contributed by atoms with van der Waals surface area (Å²) in [6.07, 6.45) is 4.67. The minimum atomic E-state index is 0.264. The van der Waals surface area contributed by atoms with E-state index in [4.69, 9.17) is 10.5 Å². The lowest BCUT2D eigenvalue weighted by atomic mass is 10.2. The molecule has 2 heterocycles. The van der Waals surface area contributed by atoms with Crippen molar-refractivity contribution >= 4 is 0 Å². The third-order valence-corrected chi connectivity index (χ3v) is 3.20. The largest absolute Gasteiger partial charge is 0.372 e. The van der Waals surface area contributed by atoms with Gasteiger partial charge in [0.1, 0.15) is 0 Å². The van der Waals surface area contributed by atoms with E-state index in [0.717, 1.165) is 25.1 Å². The topological polar surface area (TPSA) is 53.1 Å². The predicted octanol–water partition coefficient (Wildman–Crippen LogP) is 1.01. The van der Waals surface area contributed by atoms with Gasteiger partial charge in [-0.1, -0.05) is 0 Å². The standard InChI is InChI=1S/C11H19N3O/c1-8-9(2)14(7-13-8)6-11-4-3-10(5-12)15-11/h7,10-11H,3-6,12H2,1-2H3. The van der Waals surface area contributed by atoms with Gasteiger partial charge in [-0.05, 0) is 26.7 Å². The molecule has 1 aromatic heterocycles. The van der Waals surface area contributed by atoms with Crippen LogP contribution in [-0.4, -0.2) is 28.3 Å². The molecule has 0 amide bonds. The smallest absolute Gasteiger partial charge is 0.0952 e. The number of hydrogen-bond donors (Lipinski definition) is 1. The van der Waals surface area contributed by atoms with Crippen molar-refractivity contribution < 1.29 is 4.74 Å². The van der Waals surface area contributed by atoms with E-state index in [2.05, 4.69) is 16.5 Å². The molecule has 0 bridgehead atoms. The summed E-state index contributed by atoms with van der Waals surface area (Å²) in [6, 6.07) is 0. The van der Waals surface area contributed by atoms with Crippen LogP contribution in [0.25, 0.3) is 0 Å². The second kappa shape index (κ2) is 4.33. The van der Waals surface area contributed by atoms with E-state index >= 15 is 0 Å². The van der Waals surface area contributed by atoms with Crippen LogP contribution >= 0.6 is 0 Å². The van der Waals surface area contributed by atoms with Gasteiger partial charge < -0.3 is 15.0 Å². The van der Waals surface area contributed by atoms with Crippen LogP contribution in [0.15, 0.2) is 6.33 Å². The van der Waals surface area contributed by atoms with Crippen molar-refractivity contribution in [3.8, 4) is 0 Å². The van der Waals surface area contributed by atoms with Crippen LogP contribution in [0.3, 0.4) is 0 Å². The van der Waals surface area contributed by atoms with E-state index < -0.39 is 0 Å². The molecule has 2 unspecified atom stereocenters. The van der Waals surface area contributed by atoms with Gasteiger partial charge in [0, 0.05) is 12.2 Å². The van der Waals surface area contributed by atoms with Crippen LogP contribution in [0, 0.1) is 13.8 Å². The first kappa shape index (κ1) is 10.6. The number of nitrogens with two attached hydrogens (primary N) is 1. The van der Waals surface area contributed by atoms with Crippen LogP contribution < -0.4 is 5.73 Å². The summed E-state index contributed by atoms with van der Waals surface area (Å²) >= 11 is 0. The van der Waals surface area contributed by atoms with Crippen molar-refractivity contribution in [2.45, 2.75) is 45.4 Å². The molecule has 1 aliphatic rings. The summed E-state index contributed by atoms with van der Waals surface area (Å²) in [4.78, 5) is 4.28. The van der Waals surface area contributed by atoms with Gasteiger partial charge in [0.05, 0.1) is 30.8 Å². The van der Waals surface area contributed by atoms with E-state index in [-0.39, 0.29) is 6.10 Å². The molecule has 1 saturated heterocycles. The van der Waals surface area contributed by atoms with Gasteiger partial charge in [0.15, 0.2) is 0 Å². The zero-order valence-corrected chi connectivity index (χ0v) is 9.44. The van der Waals surface area contributed by atoms with Crippen LogP contribution in [0.2, 0.25) is 0 Å². The number of nitrogens with zero attached hydrogens (tertiary/aromatic N) is 2. The van der Waals surface area contributed by atoms with Crippen LogP contribution in [0.4, 0.5) is 0 Å². The van der Waals surface area contributed by atoms with E-state index in [9.17, 15) is 0 Å². The van der Waals surface area contributed by atoms with E-state index in [1.807, 2.05) is 13.3 Å². The lowest BCUT2D eigenvalue weighted by molar-refractivity contribution is 0.0402. The van der Waals surface area contributed by atoms with Gasteiger partial charge in [-0.2, -0.15) is 0 Å². The molecule has 1 aliphatic heterocycles. The minimum Gasteiger partial charge on any atom is -0.372 e. The highest BCUT2D eigenvalue weighted by Crippen LogP contribution is 2.21. The second-order valence-corrected chi connectivity index (χ2v) is 4.26. The molecule has 4 nitrogen and oxygen atoms in total. The van der Waals surface area contributed by atoms with Crippen molar-refractivity contribution in [3.05, 3.63) is 17.7 Å². The van der Waals surface area contributed by atoms with Crippen LogP contribution in [0.1, 0.15) is 24.2 Å². The lowest BCUT2D eigenvalue weighted by Crippen LogP contribution is -2.22. The molecule has 2 rings (SSSR count). The number of imidazole rings is 1. The molecule has 1 aromatic rings. The highest BCUT2D eigenvalue weighted by Gasteiger charge is 2.24. The van der Waals surface area contributed by atoms with Crippen LogP contribution in [-0.2, 0) is 11.3 Å². The molecule has 0 radical (unpaired) electrons. The molecule has 1 fully saturated rings. The first-order valence-corrected chi connectivity index (χ1v) is 5.54. The first-order valence-electron chi connectivity index (χ1n) is 5.54. The second-order valence-electron chi connectivity index (χ2n) is 4.26. The normalized spacial score (nSPS) is 26.1. The molecule has 0 aliphatic carbocycles. The van der Waals surface area contributed by atoms with E-state index in [1.165, 1.54) is 5.69 Å². The molecule has 0 spiro atoms. The summed E-state index contributed by atoms with van der Waals surface area (Å²) in [5.74, 6) is 0. The van der Waals surface area contributed by atoms with Crippen molar-refractivity contribution in [2.24, 2.45) is 5.73 Å². The van der Waals surface area contributed by atoms with Gasteiger partial charge >= 0.3 is 0 Å². The molecular weight excluding hydrogens is 190 g/mol. The maximum atomic E-state index is 5.81.